The molecule has 0 saturated heterocycles. The minimum Gasteiger partial charge on any atom is -0.507 e. The molecule has 4 aliphatic carbocycles. The lowest BCUT2D eigenvalue weighted by molar-refractivity contribution is -0.00518. The molecule has 0 radical (unpaired) electrons. The highest BCUT2D eigenvalue weighted by molar-refractivity contribution is 6.02. The minimum absolute atomic E-state index is 0.0929. The number of hydrogen-bond donors (Lipinski definition) is 4. The van der Waals surface area contributed by atoms with E-state index in [1.807, 2.05) is 0 Å². The molecule has 3 aromatic carbocycles. The maximum Gasteiger partial charge on any atom is 0.335 e. The molecule has 164 valence electrons. The van der Waals surface area contributed by atoms with E-state index in [1.54, 1.807) is 12.1 Å². The van der Waals surface area contributed by atoms with Crippen LogP contribution >= 0.6 is 0 Å². The van der Waals surface area contributed by atoms with E-state index in [9.17, 15) is 25.2 Å². The highest BCUT2D eigenvalue weighted by atomic mass is 16.4. The van der Waals surface area contributed by atoms with Crippen LogP contribution in [-0.4, -0.2) is 26.4 Å². The van der Waals surface area contributed by atoms with Crippen molar-refractivity contribution in [1.82, 2.24) is 0 Å². The molecule has 32 heavy (non-hydrogen) atoms. The Morgan fingerprint density at radius 2 is 1.34 bits per heavy atom. The molecule has 0 heterocycles. The highest BCUT2D eigenvalue weighted by Gasteiger charge is 2.51. The monoisotopic (exact) mass is 430 g/mol. The zero-order chi connectivity index (χ0) is 22.2. The predicted octanol–water partition coefficient (Wildman–Crippen LogP) is 5.79. The first-order valence-corrected chi connectivity index (χ1v) is 11.4. The largest absolute Gasteiger partial charge is 0.507 e. The van der Waals surface area contributed by atoms with Gasteiger partial charge in [0.2, 0.25) is 0 Å². The Kier molecular flexibility index (Phi) is 4.04. The van der Waals surface area contributed by atoms with Crippen LogP contribution in [-0.2, 0) is 5.41 Å². The number of rotatable bonds is 3. The van der Waals surface area contributed by atoms with E-state index in [0.717, 1.165) is 17.8 Å². The third kappa shape index (κ3) is 2.87. The predicted molar refractivity (Wildman–Crippen MR) is 121 cm³/mol. The van der Waals surface area contributed by atoms with Crippen molar-refractivity contribution < 1.29 is 25.2 Å². The molecule has 0 atom stereocenters. The fraction of sp³-hybridized carbons (Fsp3) is 0.370. The number of carboxylic acid groups (broad SMARTS) is 1. The first-order chi connectivity index (χ1) is 15.3. The maximum absolute atomic E-state index is 11.3. The Labute approximate surface area is 186 Å². The quantitative estimate of drug-likeness (QED) is 0.422. The normalized spacial score (nSPS) is 28.3. The Hall–Kier alpha value is -3.21. The SMILES string of the molecule is O=C(O)c1cc(O)c2cc(-c3cc(C45CC6CC(CC(C6)C4)C5)ccc3O)cc(O)c2c1. The summed E-state index contributed by atoms with van der Waals surface area (Å²) in [5.41, 5.74) is 2.56. The van der Waals surface area contributed by atoms with Crippen LogP contribution in [0, 0.1) is 17.8 Å². The van der Waals surface area contributed by atoms with Gasteiger partial charge in [0, 0.05) is 16.3 Å². The molecule has 0 spiro atoms. The van der Waals surface area contributed by atoms with Crippen molar-refractivity contribution in [2.45, 2.75) is 43.9 Å². The smallest absolute Gasteiger partial charge is 0.335 e. The van der Waals surface area contributed by atoms with Crippen LogP contribution < -0.4 is 0 Å². The van der Waals surface area contributed by atoms with Gasteiger partial charge in [-0.2, -0.15) is 0 Å². The van der Waals surface area contributed by atoms with Crippen LogP contribution in [0.5, 0.6) is 17.2 Å². The molecule has 4 aliphatic rings. The van der Waals surface area contributed by atoms with E-state index in [4.69, 9.17) is 0 Å². The molecular formula is C27H26O5. The maximum atomic E-state index is 11.3. The molecule has 4 fully saturated rings. The van der Waals surface area contributed by atoms with Gasteiger partial charge in [0.15, 0.2) is 0 Å². The van der Waals surface area contributed by atoms with Gasteiger partial charge in [-0.05, 0) is 109 Å². The Morgan fingerprint density at radius 1 is 0.750 bits per heavy atom. The summed E-state index contributed by atoms with van der Waals surface area (Å²) in [6, 6.07) is 11.6. The van der Waals surface area contributed by atoms with Gasteiger partial charge in [-0.25, -0.2) is 4.79 Å². The van der Waals surface area contributed by atoms with Gasteiger partial charge >= 0.3 is 5.97 Å². The lowest BCUT2D eigenvalue weighted by Crippen LogP contribution is -2.48. The van der Waals surface area contributed by atoms with Crippen molar-refractivity contribution in [2.24, 2.45) is 17.8 Å². The second-order valence-corrected chi connectivity index (χ2v) is 10.3. The summed E-state index contributed by atoms with van der Waals surface area (Å²) in [6.45, 7) is 0. The molecule has 5 heteroatoms. The molecule has 3 aromatic rings. The topological polar surface area (TPSA) is 98.0 Å². The zero-order valence-electron chi connectivity index (χ0n) is 17.7. The zero-order valence-corrected chi connectivity index (χ0v) is 17.7. The molecular weight excluding hydrogens is 404 g/mol. The van der Waals surface area contributed by atoms with Crippen molar-refractivity contribution >= 4 is 16.7 Å². The number of carboxylic acids is 1. The van der Waals surface area contributed by atoms with Crippen LogP contribution in [0.1, 0.15) is 54.4 Å². The number of aromatic hydroxyl groups is 3. The number of benzene rings is 3. The molecule has 7 rings (SSSR count). The van der Waals surface area contributed by atoms with Gasteiger partial charge in [-0.15, -0.1) is 0 Å². The molecule has 4 N–H and O–H groups in total. The minimum atomic E-state index is -1.17. The third-order valence-electron chi connectivity index (χ3n) is 8.23. The first-order valence-electron chi connectivity index (χ1n) is 11.4. The van der Waals surface area contributed by atoms with Gasteiger partial charge in [-0.1, -0.05) is 6.07 Å². The summed E-state index contributed by atoms with van der Waals surface area (Å²) in [7, 11) is 0. The van der Waals surface area contributed by atoms with E-state index >= 15 is 0 Å². The molecule has 4 bridgehead atoms. The summed E-state index contributed by atoms with van der Waals surface area (Å²) < 4.78 is 0. The molecule has 0 unspecified atom stereocenters. The van der Waals surface area contributed by atoms with E-state index in [-0.39, 0.29) is 33.6 Å². The molecule has 0 aromatic heterocycles. The van der Waals surface area contributed by atoms with Crippen molar-refractivity contribution in [3.63, 3.8) is 0 Å². The second kappa shape index (κ2) is 6.64. The standard InChI is InChI=1S/C27H26O5/c28-23-2-1-19(27-11-14-3-15(12-27)5-16(4-14)13-27)10-20(23)17-6-21-22(24(29)8-17)7-18(26(31)32)9-25(21)30/h1-2,6-10,14-16,28-30H,3-5,11-13H2,(H,31,32). The third-order valence-corrected chi connectivity index (χ3v) is 8.23. The fourth-order valence-electron chi connectivity index (χ4n) is 7.26. The van der Waals surface area contributed by atoms with E-state index in [2.05, 4.69) is 12.1 Å². The van der Waals surface area contributed by atoms with Crippen LogP contribution in [0.15, 0.2) is 42.5 Å². The lowest BCUT2D eigenvalue weighted by atomic mass is 9.48. The number of hydrogen-bond acceptors (Lipinski definition) is 4. The fourth-order valence-corrected chi connectivity index (χ4v) is 7.26. The molecule has 0 amide bonds. The number of aromatic carboxylic acids is 1. The summed E-state index contributed by atoms with van der Waals surface area (Å²) in [5, 5.41) is 41.7. The van der Waals surface area contributed by atoms with Crippen LogP contribution in [0.2, 0.25) is 0 Å². The van der Waals surface area contributed by atoms with Gasteiger partial charge in [0.25, 0.3) is 0 Å². The molecule has 4 saturated carbocycles. The van der Waals surface area contributed by atoms with Gasteiger partial charge in [-0.3, -0.25) is 0 Å². The van der Waals surface area contributed by atoms with Crippen LogP contribution in [0.25, 0.3) is 21.9 Å². The van der Waals surface area contributed by atoms with Gasteiger partial charge in [0.05, 0.1) is 5.56 Å². The number of phenols is 3. The average molecular weight is 431 g/mol. The van der Waals surface area contributed by atoms with Crippen molar-refractivity contribution in [3.8, 4) is 28.4 Å². The first kappa shape index (κ1) is 19.5. The lowest BCUT2D eigenvalue weighted by Gasteiger charge is -2.57. The van der Waals surface area contributed by atoms with Gasteiger partial charge < -0.3 is 20.4 Å². The van der Waals surface area contributed by atoms with Crippen molar-refractivity contribution in [2.75, 3.05) is 0 Å². The number of fused-ring (bicyclic) bond motifs is 1. The second-order valence-electron chi connectivity index (χ2n) is 10.3. The highest BCUT2D eigenvalue weighted by Crippen LogP contribution is 2.61. The van der Waals surface area contributed by atoms with E-state index in [1.165, 1.54) is 62.3 Å². The Bertz CT molecular complexity index is 1240. The van der Waals surface area contributed by atoms with Crippen LogP contribution in [0.4, 0.5) is 0 Å². The van der Waals surface area contributed by atoms with Crippen molar-refractivity contribution in [1.29, 1.82) is 0 Å². The van der Waals surface area contributed by atoms with E-state index < -0.39 is 5.97 Å². The van der Waals surface area contributed by atoms with Gasteiger partial charge in [0.1, 0.15) is 17.2 Å². The van der Waals surface area contributed by atoms with Crippen LogP contribution in [0.3, 0.4) is 0 Å². The molecule has 5 nitrogen and oxygen atoms in total. The number of carbonyl (C=O) groups is 1. The average Bonchev–Trinajstić information content (AvgIpc) is 2.73. The summed E-state index contributed by atoms with van der Waals surface area (Å²) in [4.78, 5) is 11.3. The number of phenolic OH excluding ortho intramolecular Hbond substituents is 3. The molecule has 0 aliphatic heterocycles. The summed E-state index contributed by atoms with van der Waals surface area (Å²) >= 11 is 0. The van der Waals surface area contributed by atoms with Crippen molar-refractivity contribution in [3.05, 3.63) is 53.6 Å². The Morgan fingerprint density at radius 3 is 1.97 bits per heavy atom. The Balaban J connectivity index is 1.47. The summed E-state index contributed by atoms with van der Waals surface area (Å²) in [6.07, 6.45) is 7.72. The van der Waals surface area contributed by atoms with E-state index in [0.29, 0.717) is 16.5 Å². The summed E-state index contributed by atoms with van der Waals surface area (Å²) in [5.74, 6) is 1.03.